The molecule has 0 aliphatic heterocycles. The van der Waals surface area contributed by atoms with E-state index in [1.807, 2.05) is 24.3 Å². The third-order valence-corrected chi connectivity index (χ3v) is 13.2. The van der Waals surface area contributed by atoms with Gasteiger partial charge in [0.2, 0.25) is 0 Å². The Labute approximate surface area is 337 Å². The van der Waals surface area contributed by atoms with Crippen LogP contribution >= 0.6 is 0 Å². The summed E-state index contributed by atoms with van der Waals surface area (Å²) < 4.78 is 11.1. The number of aryl methyl sites for hydroxylation is 2. The Bertz CT molecular complexity index is 1280. The van der Waals surface area contributed by atoms with Crippen LogP contribution in [0.15, 0.2) is 48.5 Å². The molecule has 308 valence electrons. The van der Waals surface area contributed by atoms with Crippen LogP contribution in [-0.2, 0) is 22.3 Å². The minimum atomic E-state index is -0.526. The van der Waals surface area contributed by atoms with Crippen LogP contribution in [0.4, 0.5) is 0 Å². The minimum Gasteiger partial charge on any atom is -0.458 e. The molecule has 0 spiro atoms. The van der Waals surface area contributed by atoms with Gasteiger partial charge in [-0.2, -0.15) is 0 Å². The summed E-state index contributed by atoms with van der Waals surface area (Å²) in [5.74, 6) is 3.07. The van der Waals surface area contributed by atoms with Crippen LogP contribution in [0.25, 0.3) is 0 Å². The van der Waals surface area contributed by atoms with Crippen LogP contribution in [0.2, 0.25) is 0 Å². The molecule has 1 atom stereocenters. The highest BCUT2D eigenvalue weighted by atomic mass is 16.6. The fourth-order valence-corrected chi connectivity index (χ4v) is 9.39. The number of unbranched alkanes of at least 4 members (excludes halogenated alkanes) is 10. The molecule has 0 saturated heterocycles. The Morgan fingerprint density at radius 1 is 0.491 bits per heavy atom. The van der Waals surface area contributed by atoms with Gasteiger partial charge in [0.15, 0.2) is 0 Å². The molecule has 2 aliphatic carbocycles. The van der Waals surface area contributed by atoms with Gasteiger partial charge in [-0.1, -0.05) is 192 Å². The van der Waals surface area contributed by atoms with Crippen LogP contribution in [0.3, 0.4) is 0 Å². The number of esters is 2. The molecule has 0 aromatic heterocycles. The first-order valence-electron chi connectivity index (χ1n) is 23.5. The maximum absolute atomic E-state index is 12.8. The highest BCUT2D eigenvalue weighted by Gasteiger charge is 2.22. The van der Waals surface area contributed by atoms with Gasteiger partial charge in [0.25, 0.3) is 0 Å². The molecule has 4 rings (SSSR count). The van der Waals surface area contributed by atoms with Crippen LogP contribution in [0.5, 0.6) is 0 Å². The van der Waals surface area contributed by atoms with Crippen LogP contribution in [0, 0.1) is 23.7 Å². The zero-order valence-electron chi connectivity index (χ0n) is 35.6. The molecular formula is C51H80O4. The summed E-state index contributed by atoms with van der Waals surface area (Å²) in [5.41, 5.74) is 3.62. The summed E-state index contributed by atoms with van der Waals surface area (Å²) >= 11 is 0. The molecule has 0 radical (unpaired) electrons. The second kappa shape index (κ2) is 27.1. The van der Waals surface area contributed by atoms with Gasteiger partial charge in [-0.15, -0.1) is 0 Å². The molecular weight excluding hydrogens is 677 g/mol. The summed E-state index contributed by atoms with van der Waals surface area (Å²) in [6, 6.07) is 15.7. The van der Waals surface area contributed by atoms with Gasteiger partial charge in [0, 0.05) is 0 Å². The van der Waals surface area contributed by atoms with Crippen LogP contribution in [-0.4, -0.2) is 24.6 Å². The molecule has 0 unspecified atom stereocenters. The Morgan fingerprint density at radius 3 is 1.22 bits per heavy atom. The molecule has 0 bridgehead atoms. The highest BCUT2D eigenvalue weighted by molar-refractivity contribution is 5.90. The average Bonchev–Trinajstić information content (AvgIpc) is 3.21. The number of carbonyl (C=O) groups excluding carboxylic acids is 2. The fraction of sp³-hybridized carbons (Fsp3) is 0.725. The summed E-state index contributed by atoms with van der Waals surface area (Å²) in [4.78, 5) is 25.5. The van der Waals surface area contributed by atoms with Crippen molar-refractivity contribution >= 4 is 11.9 Å². The van der Waals surface area contributed by atoms with E-state index in [2.05, 4.69) is 38.1 Å². The van der Waals surface area contributed by atoms with Crippen LogP contribution < -0.4 is 0 Å². The summed E-state index contributed by atoms with van der Waals surface area (Å²) in [7, 11) is 0. The fourth-order valence-electron chi connectivity index (χ4n) is 9.39. The molecule has 2 aromatic rings. The number of benzene rings is 2. The maximum Gasteiger partial charge on any atom is 0.338 e. The lowest BCUT2D eigenvalue weighted by atomic mass is 9.78. The van der Waals surface area contributed by atoms with Crippen molar-refractivity contribution in [1.29, 1.82) is 0 Å². The Balaban J connectivity index is 1.01. The molecule has 4 nitrogen and oxygen atoms in total. The molecule has 2 aromatic carbocycles. The van der Waals surface area contributed by atoms with E-state index < -0.39 is 6.10 Å². The first-order valence-corrected chi connectivity index (χ1v) is 23.5. The lowest BCUT2D eigenvalue weighted by molar-refractivity contribution is 0.00448. The number of rotatable bonds is 27. The molecule has 0 heterocycles. The molecule has 55 heavy (non-hydrogen) atoms. The van der Waals surface area contributed by atoms with Crippen molar-refractivity contribution in [1.82, 2.24) is 0 Å². The van der Waals surface area contributed by atoms with Crippen molar-refractivity contribution in [3.05, 3.63) is 70.8 Å². The molecule has 2 saturated carbocycles. The number of hydrogen-bond acceptors (Lipinski definition) is 4. The number of ether oxygens (including phenoxy) is 2. The molecule has 2 fully saturated rings. The zero-order chi connectivity index (χ0) is 38.9. The first-order chi connectivity index (χ1) is 26.9. The molecule has 0 N–H and O–H groups in total. The first kappa shape index (κ1) is 45.1. The summed E-state index contributed by atoms with van der Waals surface area (Å²) in [6.45, 7) is 6.39. The van der Waals surface area contributed by atoms with E-state index in [1.165, 1.54) is 178 Å². The predicted octanol–water partition coefficient (Wildman–Crippen LogP) is 14.8. The van der Waals surface area contributed by atoms with E-state index >= 15 is 0 Å². The molecule has 0 amide bonds. The number of hydrogen-bond donors (Lipinski definition) is 0. The van der Waals surface area contributed by atoms with E-state index in [0.717, 1.165) is 36.5 Å². The van der Waals surface area contributed by atoms with Gasteiger partial charge >= 0.3 is 11.9 Å². The third-order valence-electron chi connectivity index (χ3n) is 13.2. The van der Waals surface area contributed by atoms with E-state index in [4.69, 9.17) is 9.47 Å². The van der Waals surface area contributed by atoms with E-state index in [9.17, 15) is 9.59 Å². The predicted molar refractivity (Wildman–Crippen MR) is 231 cm³/mol. The average molecular weight is 757 g/mol. The second-order valence-corrected chi connectivity index (χ2v) is 17.9. The highest BCUT2D eigenvalue weighted by Crippen LogP contribution is 2.36. The minimum absolute atomic E-state index is 0.0337. The van der Waals surface area contributed by atoms with Gasteiger partial charge in [-0.05, 0) is 91.7 Å². The van der Waals surface area contributed by atoms with Gasteiger partial charge < -0.3 is 9.47 Å². The molecule has 2 aliphatic rings. The Kier molecular flexibility index (Phi) is 22.2. The maximum atomic E-state index is 12.8. The topological polar surface area (TPSA) is 52.6 Å². The Hall–Kier alpha value is -2.62. The van der Waals surface area contributed by atoms with Crippen molar-refractivity contribution < 1.29 is 19.1 Å². The third kappa shape index (κ3) is 18.5. The molecule has 4 heteroatoms. The van der Waals surface area contributed by atoms with E-state index in [-0.39, 0.29) is 18.5 Å². The zero-order valence-corrected chi connectivity index (χ0v) is 35.6. The Morgan fingerprint density at radius 2 is 0.836 bits per heavy atom. The van der Waals surface area contributed by atoms with Gasteiger partial charge in [0.05, 0.1) is 11.1 Å². The monoisotopic (exact) mass is 757 g/mol. The van der Waals surface area contributed by atoms with Crippen molar-refractivity contribution in [3.8, 4) is 0 Å². The van der Waals surface area contributed by atoms with Crippen molar-refractivity contribution in [3.63, 3.8) is 0 Å². The van der Waals surface area contributed by atoms with Crippen LogP contribution in [0.1, 0.15) is 220 Å². The smallest absolute Gasteiger partial charge is 0.338 e. The van der Waals surface area contributed by atoms with E-state index in [0.29, 0.717) is 11.1 Å². The second-order valence-electron chi connectivity index (χ2n) is 17.9. The van der Waals surface area contributed by atoms with Gasteiger partial charge in [-0.3, -0.25) is 0 Å². The summed E-state index contributed by atoms with van der Waals surface area (Å²) in [5, 5.41) is 0. The van der Waals surface area contributed by atoms with Crippen molar-refractivity contribution in [2.24, 2.45) is 23.7 Å². The van der Waals surface area contributed by atoms with Gasteiger partial charge in [-0.25, -0.2) is 9.59 Å². The normalized spacial score (nSPS) is 20.6. The van der Waals surface area contributed by atoms with E-state index in [1.54, 1.807) is 6.92 Å². The van der Waals surface area contributed by atoms with Crippen molar-refractivity contribution in [2.45, 2.75) is 207 Å². The quantitative estimate of drug-likeness (QED) is 0.0673. The van der Waals surface area contributed by atoms with Crippen molar-refractivity contribution in [2.75, 3.05) is 6.61 Å². The number of carbonyl (C=O) groups is 2. The largest absolute Gasteiger partial charge is 0.458 e. The van der Waals surface area contributed by atoms with Gasteiger partial charge in [0.1, 0.15) is 12.7 Å². The SMILES string of the molecule is CCCCCCC[C@H]1CC[C@H](CCCCc2ccc(C(=O)OC[C@@H](C)OC(=O)c3ccc(CCCC[C@H]4CC[C@H](CCCCCCC)CC4)cc3)cc2)CC1. The lowest BCUT2D eigenvalue weighted by Crippen LogP contribution is -2.22. The lowest BCUT2D eigenvalue weighted by Gasteiger charge is -2.28. The standard InChI is InChI=1S/C51H80O4/c1-4-6-8-10-12-18-42-24-28-44(29-25-42)20-14-16-22-46-32-36-48(37-33-46)50(52)54-40-41(3)55-51(53)49-38-34-47(35-39-49)23-17-15-21-45-30-26-43(27-31-45)19-13-11-9-7-5-2/h32-39,41-45H,4-31,40H2,1-3H3/t41-,42-,43-,44-,45-/m1/s1. The summed E-state index contributed by atoms with van der Waals surface area (Å²) in [6.07, 6.45) is 37.8.